The minimum absolute atomic E-state index is 0.0107. The summed E-state index contributed by atoms with van der Waals surface area (Å²) in [6, 6.07) is 8.56. The number of carbonyl (C=O) groups is 1. The molecule has 2 aromatic carbocycles. The zero-order chi connectivity index (χ0) is 30.7. The first-order valence-corrected chi connectivity index (χ1v) is 15.3. The number of ether oxygens (including phenoxy) is 1. The highest BCUT2D eigenvalue weighted by molar-refractivity contribution is 7.84. The molecule has 6 nitrogen and oxygen atoms in total. The molecule has 11 heteroatoms. The van der Waals surface area contributed by atoms with Gasteiger partial charge < -0.3 is 14.5 Å². The highest BCUT2D eigenvalue weighted by atomic mass is 35.5. The van der Waals surface area contributed by atoms with E-state index >= 15 is 0 Å². The second-order valence-electron chi connectivity index (χ2n) is 11.9. The van der Waals surface area contributed by atoms with Crippen molar-refractivity contribution in [3.05, 3.63) is 58.1 Å². The van der Waals surface area contributed by atoms with Crippen molar-refractivity contribution in [3.8, 4) is 5.75 Å². The Morgan fingerprint density at radius 1 is 1.05 bits per heavy atom. The summed E-state index contributed by atoms with van der Waals surface area (Å²) in [5.74, 6) is 0.228. The van der Waals surface area contributed by atoms with Gasteiger partial charge in [0.25, 0.3) is 0 Å². The maximum Gasteiger partial charge on any atom is 0.416 e. The van der Waals surface area contributed by atoms with Gasteiger partial charge in [-0.15, -0.1) is 0 Å². The number of carbonyl (C=O) groups excluding carboxylic acids is 1. The minimum Gasteiger partial charge on any atom is -0.496 e. The first-order chi connectivity index (χ1) is 19.0. The fourth-order valence-corrected chi connectivity index (χ4v) is 6.05. The number of hydrogen-bond acceptors (Lipinski definition) is 4. The molecule has 1 amide bonds. The van der Waals surface area contributed by atoms with Gasteiger partial charge in [0, 0.05) is 48.8 Å². The lowest BCUT2D eigenvalue weighted by atomic mass is 9.93. The predicted molar refractivity (Wildman–Crippen MR) is 160 cm³/mol. The highest BCUT2D eigenvalue weighted by Gasteiger charge is 2.35. The van der Waals surface area contributed by atoms with E-state index in [2.05, 4.69) is 4.72 Å². The number of piperazine rings is 1. The van der Waals surface area contributed by atoms with Crippen molar-refractivity contribution in [2.75, 3.05) is 38.2 Å². The molecule has 1 aliphatic rings. The number of methoxy groups -OCH3 is 1. The summed E-state index contributed by atoms with van der Waals surface area (Å²) >= 11 is 6.07. The van der Waals surface area contributed by atoms with E-state index in [4.69, 9.17) is 16.3 Å². The van der Waals surface area contributed by atoms with Gasteiger partial charge in [-0.05, 0) is 74.6 Å². The van der Waals surface area contributed by atoms with E-state index < -0.39 is 33.5 Å². The van der Waals surface area contributed by atoms with Crippen LogP contribution in [0.3, 0.4) is 0 Å². The van der Waals surface area contributed by atoms with Crippen molar-refractivity contribution in [3.63, 3.8) is 0 Å². The third-order valence-electron chi connectivity index (χ3n) is 7.28. The maximum absolute atomic E-state index is 13.7. The average Bonchev–Trinajstić information content (AvgIpc) is 2.90. The molecule has 0 bridgehead atoms. The van der Waals surface area contributed by atoms with Crippen LogP contribution >= 0.6 is 11.6 Å². The number of hydrogen-bond donors (Lipinski definition) is 1. The first kappa shape index (κ1) is 33.2. The first-order valence-electron chi connectivity index (χ1n) is 13.8. The van der Waals surface area contributed by atoms with Gasteiger partial charge in [0.15, 0.2) is 0 Å². The van der Waals surface area contributed by atoms with Gasteiger partial charge in [0.2, 0.25) is 5.91 Å². The van der Waals surface area contributed by atoms with Crippen LogP contribution in [-0.4, -0.2) is 53.1 Å². The number of nitrogens with one attached hydrogen (secondary N) is 1. The van der Waals surface area contributed by atoms with E-state index in [1.54, 1.807) is 24.1 Å². The van der Waals surface area contributed by atoms with Crippen molar-refractivity contribution in [2.24, 2.45) is 11.8 Å². The fourth-order valence-electron chi connectivity index (χ4n) is 4.90. The van der Waals surface area contributed by atoms with Gasteiger partial charge in [0.05, 0.1) is 28.4 Å². The Hall–Kier alpha value is -2.30. The van der Waals surface area contributed by atoms with E-state index in [1.165, 1.54) is 12.1 Å². The van der Waals surface area contributed by atoms with E-state index in [9.17, 15) is 22.2 Å². The van der Waals surface area contributed by atoms with E-state index in [0.29, 0.717) is 54.6 Å². The minimum atomic E-state index is -4.51. The average molecular weight is 616 g/mol. The van der Waals surface area contributed by atoms with Gasteiger partial charge in [0.1, 0.15) is 5.75 Å². The van der Waals surface area contributed by atoms with Gasteiger partial charge >= 0.3 is 6.18 Å². The molecule has 3 unspecified atom stereocenters. The molecule has 0 aromatic heterocycles. The Bertz CT molecular complexity index is 1240. The number of nitrogens with zero attached hydrogens (tertiary/aromatic N) is 2. The molecule has 0 aliphatic carbocycles. The van der Waals surface area contributed by atoms with Gasteiger partial charge in [-0.1, -0.05) is 38.4 Å². The van der Waals surface area contributed by atoms with Crippen LogP contribution in [0.2, 0.25) is 5.02 Å². The number of rotatable bonds is 9. The third-order valence-corrected chi connectivity index (χ3v) is 9.09. The van der Waals surface area contributed by atoms with Gasteiger partial charge in [-0.25, -0.2) is 8.93 Å². The van der Waals surface area contributed by atoms with Gasteiger partial charge in [-0.3, -0.25) is 4.79 Å². The molecule has 1 N–H and O–H groups in total. The predicted octanol–water partition coefficient (Wildman–Crippen LogP) is 6.64. The lowest BCUT2D eigenvalue weighted by Gasteiger charge is -2.39. The molecule has 1 heterocycles. The van der Waals surface area contributed by atoms with Crippen molar-refractivity contribution >= 4 is 34.2 Å². The quantitative estimate of drug-likeness (QED) is 0.343. The lowest BCUT2D eigenvalue weighted by Crippen LogP contribution is -2.50. The van der Waals surface area contributed by atoms with Crippen LogP contribution in [0.5, 0.6) is 5.75 Å². The Balaban J connectivity index is 1.81. The lowest BCUT2D eigenvalue weighted by molar-refractivity contribution is -0.137. The van der Waals surface area contributed by atoms with Crippen LogP contribution in [0.25, 0.3) is 0 Å². The Morgan fingerprint density at radius 2 is 1.68 bits per heavy atom. The molecule has 228 valence electrons. The Morgan fingerprint density at radius 3 is 2.22 bits per heavy atom. The number of benzene rings is 2. The molecule has 3 atom stereocenters. The molecule has 1 fully saturated rings. The van der Waals surface area contributed by atoms with Crippen LogP contribution in [0, 0.1) is 11.8 Å². The van der Waals surface area contributed by atoms with Crippen LogP contribution in [0.4, 0.5) is 18.9 Å². The standard InChI is InChI=1S/C30H41ClF3N3O3S/c1-19(2)27(35-41(39)29(4,5)6)24-17-22(30(32,33)34)9-11-25(24)36-12-14-37(15-13-36)28(38)20(3)16-21-8-10-23(31)18-26(21)40-7/h8-11,17-20,27,35H,12-16H2,1-7H3. The molecule has 3 rings (SSSR count). The SMILES string of the molecule is COc1cc(Cl)ccc1CC(C)C(=O)N1CCN(c2ccc(C(F)(F)F)cc2C(NS(=O)C(C)(C)C)C(C)C)CC1. The van der Waals surface area contributed by atoms with Crippen LogP contribution in [0.1, 0.15) is 64.3 Å². The molecule has 2 aromatic rings. The molecular weight excluding hydrogens is 575 g/mol. The number of anilines is 1. The van der Waals surface area contributed by atoms with E-state index in [1.807, 2.05) is 52.5 Å². The van der Waals surface area contributed by atoms with Crippen molar-refractivity contribution < 1.29 is 26.9 Å². The van der Waals surface area contributed by atoms with Crippen LogP contribution in [-0.2, 0) is 28.4 Å². The second kappa shape index (κ2) is 13.3. The summed E-state index contributed by atoms with van der Waals surface area (Å²) in [6.07, 6.45) is -4.01. The largest absolute Gasteiger partial charge is 0.496 e. The van der Waals surface area contributed by atoms with E-state index in [0.717, 1.165) is 11.6 Å². The number of amides is 1. The molecule has 1 aliphatic heterocycles. The smallest absolute Gasteiger partial charge is 0.416 e. The van der Waals surface area contributed by atoms with Crippen LogP contribution < -0.4 is 14.4 Å². The molecule has 0 spiro atoms. The summed E-state index contributed by atoms with van der Waals surface area (Å²) in [5, 5.41) is 0.558. The van der Waals surface area contributed by atoms with Crippen LogP contribution in [0.15, 0.2) is 36.4 Å². The van der Waals surface area contributed by atoms with Crippen molar-refractivity contribution in [1.29, 1.82) is 0 Å². The zero-order valence-corrected chi connectivity index (χ0v) is 26.3. The summed E-state index contributed by atoms with van der Waals surface area (Å²) in [4.78, 5) is 17.1. The van der Waals surface area contributed by atoms with E-state index in [-0.39, 0.29) is 17.7 Å². The Kier molecular flexibility index (Phi) is 10.8. The van der Waals surface area contributed by atoms with Crippen molar-refractivity contribution in [2.45, 2.75) is 64.9 Å². The summed E-state index contributed by atoms with van der Waals surface area (Å²) in [5.41, 5.74) is 1.26. The molecule has 1 saturated heterocycles. The number of halogens is 4. The Labute approximate surface area is 249 Å². The fraction of sp³-hybridized carbons (Fsp3) is 0.567. The third kappa shape index (κ3) is 8.38. The monoisotopic (exact) mass is 615 g/mol. The van der Waals surface area contributed by atoms with Gasteiger partial charge in [-0.2, -0.15) is 13.2 Å². The zero-order valence-electron chi connectivity index (χ0n) is 24.8. The molecule has 0 radical (unpaired) electrons. The van der Waals surface area contributed by atoms with Crippen molar-refractivity contribution in [1.82, 2.24) is 9.62 Å². The second-order valence-corrected chi connectivity index (χ2v) is 14.3. The summed E-state index contributed by atoms with van der Waals surface area (Å²) < 4.78 is 62.2. The number of alkyl halides is 3. The molecule has 41 heavy (non-hydrogen) atoms. The summed E-state index contributed by atoms with van der Waals surface area (Å²) in [7, 11) is 0.0795. The maximum atomic E-state index is 13.7. The topological polar surface area (TPSA) is 61.9 Å². The molecule has 0 saturated carbocycles. The molecular formula is C30H41ClF3N3O3S. The normalized spacial score (nSPS) is 17.0. The highest BCUT2D eigenvalue weighted by Crippen LogP contribution is 2.38. The summed E-state index contributed by atoms with van der Waals surface area (Å²) in [6.45, 7) is 12.9.